The number of rotatable bonds is 0. The molecule has 0 heterocycles. The van der Waals surface area contributed by atoms with E-state index in [2.05, 4.69) is 19.1 Å². The van der Waals surface area contributed by atoms with Gasteiger partial charge in [-0.1, -0.05) is 51.2 Å². The fourth-order valence-corrected chi connectivity index (χ4v) is 2.68. The van der Waals surface area contributed by atoms with Crippen LogP contribution in [-0.4, -0.2) is 5.78 Å². The van der Waals surface area contributed by atoms with Crippen molar-refractivity contribution >= 4 is 5.78 Å². The van der Waals surface area contributed by atoms with E-state index >= 15 is 0 Å². The summed E-state index contributed by atoms with van der Waals surface area (Å²) in [5.74, 6) is 1.05. The van der Waals surface area contributed by atoms with Crippen molar-refractivity contribution in [2.75, 3.05) is 0 Å². The lowest BCUT2D eigenvalue weighted by Gasteiger charge is -2.09. The summed E-state index contributed by atoms with van der Waals surface area (Å²) < 4.78 is 0. The lowest BCUT2D eigenvalue weighted by molar-refractivity contribution is -0.120. The minimum absolute atomic E-state index is 0.485. The first-order valence-corrected chi connectivity index (χ1v) is 7.95. The molecule has 18 heavy (non-hydrogen) atoms. The van der Waals surface area contributed by atoms with E-state index in [1.165, 1.54) is 51.4 Å². The predicted molar refractivity (Wildman–Crippen MR) is 78.7 cm³/mol. The van der Waals surface area contributed by atoms with Crippen LogP contribution in [0.25, 0.3) is 0 Å². The van der Waals surface area contributed by atoms with Crippen LogP contribution in [-0.2, 0) is 4.79 Å². The van der Waals surface area contributed by atoms with Gasteiger partial charge in [0.15, 0.2) is 0 Å². The van der Waals surface area contributed by atoms with Crippen molar-refractivity contribution in [3.05, 3.63) is 12.2 Å². The summed E-state index contributed by atoms with van der Waals surface area (Å²) in [4.78, 5) is 11.8. The summed E-state index contributed by atoms with van der Waals surface area (Å²) in [6.07, 6.45) is 19.0. The Morgan fingerprint density at radius 1 is 0.889 bits per heavy atom. The summed E-state index contributed by atoms with van der Waals surface area (Å²) in [6.45, 7) is 2.22. The zero-order valence-corrected chi connectivity index (χ0v) is 12.1. The number of carbonyl (C=O) groups is 1. The van der Waals surface area contributed by atoms with E-state index in [9.17, 15) is 4.79 Å². The number of Topliss-reactive ketones (excluding diaryl/α,β-unsaturated/α-hetero) is 1. The Labute approximate surface area is 113 Å². The van der Waals surface area contributed by atoms with Crippen LogP contribution in [0.2, 0.25) is 0 Å². The second kappa shape index (κ2) is 10.3. The lowest BCUT2D eigenvalue weighted by atomic mass is 9.96. The SMILES string of the molecule is CC1CC/C=C\CCCCCCCCCC(=O)C1. The molecule has 1 unspecified atom stereocenters. The number of hydrogen-bond acceptors (Lipinski definition) is 1. The van der Waals surface area contributed by atoms with Gasteiger partial charge in [-0.3, -0.25) is 4.79 Å². The quantitative estimate of drug-likeness (QED) is 0.523. The van der Waals surface area contributed by atoms with Gasteiger partial charge in [-0.15, -0.1) is 0 Å². The monoisotopic (exact) mass is 250 g/mol. The summed E-state index contributed by atoms with van der Waals surface area (Å²) in [5.41, 5.74) is 0. The number of allylic oxidation sites excluding steroid dienone is 2. The predicted octanol–water partition coefficient (Wildman–Crippen LogP) is 5.44. The normalized spacial score (nSPS) is 27.8. The molecule has 0 aromatic carbocycles. The molecule has 0 aromatic rings. The highest BCUT2D eigenvalue weighted by molar-refractivity contribution is 5.78. The molecule has 104 valence electrons. The van der Waals surface area contributed by atoms with Crippen LogP contribution in [0.1, 0.15) is 84.0 Å². The van der Waals surface area contributed by atoms with E-state index in [1.54, 1.807) is 0 Å². The molecule has 0 saturated heterocycles. The van der Waals surface area contributed by atoms with Gasteiger partial charge >= 0.3 is 0 Å². The maximum Gasteiger partial charge on any atom is 0.133 e. The minimum Gasteiger partial charge on any atom is -0.300 e. The first kappa shape index (κ1) is 15.5. The highest BCUT2D eigenvalue weighted by Crippen LogP contribution is 2.16. The topological polar surface area (TPSA) is 17.1 Å². The molecule has 1 aliphatic rings. The van der Waals surface area contributed by atoms with Crippen LogP contribution < -0.4 is 0 Å². The molecule has 1 aliphatic carbocycles. The lowest BCUT2D eigenvalue weighted by Crippen LogP contribution is -2.05. The molecule has 0 aliphatic heterocycles. The number of carbonyl (C=O) groups excluding carboxylic acids is 1. The largest absolute Gasteiger partial charge is 0.300 e. The molecule has 0 N–H and O–H groups in total. The molecule has 0 aromatic heterocycles. The zero-order chi connectivity index (χ0) is 13.1. The van der Waals surface area contributed by atoms with Gasteiger partial charge in [0, 0.05) is 12.8 Å². The van der Waals surface area contributed by atoms with Crippen molar-refractivity contribution in [2.24, 2.45) is 5.92 Å². The number of hydrogen-bond donors (Lipinski definition) is 0. The van der Waals surface area contributed by atoms with Crippen LogP contribution in [0.3, 0.4) is 0 Å². The Hall–Kier alpha value is -0.590. The summed E-state index contributed by atoms with van der Waals surface area (Å²) in [7, 11) is 0. The van der Waals surface area contributed by atoms with Crippen molar-refractivity contribution in [3.8, 4) is 0 Å². The summed E-state index contributed by atoms with van der Waals surface area (Å²) >= 11 is 0. The van der Waals surface area contributed by atoms with E-state index < -0.39 is 0 Å². The van der Waals surface area contributed by atoms with Gasteiger partial charge < -0.3 is 0 Å². The molecule has 0 saturated carbocycles. The van der Waals surface area contributed by atoms with Crippen LogP contribution in [0, 0.1) is 5.92 Å². The highest BCUT2D eigenvalue weighted by atomic mass is 16.1. The van der Waals surface area contributed by atoms with E-state index in [-0.39, 0.29) is 0 Å². The maximum atomic E-state index is 11.8. The second-order valence-electron chi connectivity index (χ2n) is 5.91. The van der Waals surface area contributed by atoms with Crippen molar-refractivity contribution < 1.29 is 4.79 Å². The van der Waals surface area contributed by atoms with E-state index in [4.69, 9.17) is 0 Å². The minimum atomic E-state index is 0.485. The van der Waals surface area contributed by atoms with E-state index in [0.29, 0.717) is 11.7 Å². The van der Waals surface area contributed by atoms with Gasteiger partial charge in [-0.05, 0) is 38.0 Å². The molecule has 1 nitrogen and oxygen atoms in total. The van der Waals surface area contributed by atoms with Crippen molar-refractivity contribution in [2.45, 2.75) is 84.0 Å². The number of ketones is 1. The van der Waals surface area contributed by atoms with Crippen molar-refractivity contribution in [1.29, 1.82) is 0 Å². The molecule has 1 atom stereocenters. The first-order chi connectivity index (χ1) is 8.79. The Kier molecular flexibility index (Phi) is 8.89. The first-order valence-electron chi connectivity index (χ1n) is 7.95. The van der Waals surface area contributed by atoms with E-state index in [0.717, 1.165) is 25.7 Å². The van der Waals surface area contributed by atoms with Crippen molar-refractivity contribution in [3.63, 3.8) is 0 Å². The van der Waals surface area contributed by atoms with Gasteiger partial charge in [-0.2, -0.15) is 0 Å². The van der Waals surface area contributed by atoms with Crippen LogP contribution in [0.5, 0.6) is 0 Å². The molecule has 1 heteroatoms. The maximum absolute atomic E-state index is 11.8. The Morgan fingerprint density at radius 2 is 1.50 bits per heavy atom. The standard InChI is InChI=1S/C17H30O/c1-16-13-11-9-7-5-3-2-4-6-8-10-12-14-17(18)15-16/h7,9,16H,2-6,8,10-15H2,1H3/b9-7-. The molecule has 0 fully saturated rings. The smallest absolute Gasteiger partial charge is 0.133 e. The highest BCUT2D eigenvalue weighted by Gasteiger charge is 2.08. The molecule has 0 bridgehead atoms. The van der Waals surface area contributed by atoms with Crippen LogP contribution in [0.4, 0.5) is 0 Å². The molecule has 0 amide bonds. The summed E-state index contributed by atoms with van der Waals surface area (Å²) in [5, 5.41) is 0. The fourth-order valence-electron chi connectivity index (χ4n) is 2.68. The van der Waals surface area contributed by atoms with Crippen LogP contribution >= 0.6 is 0 Å². The Bertz CT molecular complexity index is 242. The average Bonchev–Trinajstić information content (AvgIpc) is 2.33. The Morgan fingerprint density at radius 3 is 2.28 bits per heavy atom. The van der Waals surface area contributed by atoms with Gasteiger partial charge in [0.2, 0.25) is 0 Å². The average molecular weight is 250 g/mol. The van der Waals surface area contributed by atoms with Crippen LogP contribution in [0.15, 0.2) is 12.2 Å². The zero-order valence-electron chi connectivity index (χ0n) is 12.1. The third-order valence-corrected chi connectivity index (χ3v) is 3.90. The van der Waals surface area contributed by atoms with Gasteiger partial charge in [0.05, 0.1) is 0 Å². The van der Waals surface area contributed by atoms with Crippen molar-refractivity contribution in [1.82, 2.24) is 0 Å². The fraction of sp³-hybridized carbons (Fsp3) is 0.824. The second-order valence-corrected chi connectivity index (χ2v) is 5.91. The Balaban J connectivity index is 2.29. The third-order valence-electron chi connectivity index (χ3n) is 3.90. The molecule has 1 rings (SSSR count). The van der Waals surface area contributed by atoms with Gasteiger partial charge in [0.1, 0.15) is 5.78 Å². The van der Waals surface area contributed by atoms with Gasteiger partial charge in [0.25, 0.3) is 0 Å². The molecule has 0 radical (unpaired) electrons. The molecular weight excluding hydrogens is 220 g/mol. The van der Waals surface area contributed by atoms with E-state index in [1.807, 2.05) is 0 Å². The molecule has 0 spiro atoms. The molecular formula is C17H30O. The summed E-state index contributed by atoms with van der Waals surface area (Å²) in [6, 6.07) is 0. The van der Waals surface area contributed by atoms with Gasteiger partial charge in [-0.25, -0.2) is 0 Å². The third kappa shape index (κ3) is 8.49.